The molecule has 2 saturated heterocycles. The monoisotopic (exact) mass is 364 g/mol. The molecule has 4 rings (SSSR count). The maximum Gasteiger partial charge on any atom is 0.272 e. The van der Waals surface area contributed by atoms with Gasteiger partial charge in [0.15, 0.2) is 0 Å². The number of anilines is 2. The lowest BCUT2D eigenvalue weighted by molar-refractivity contribution is 0.0756. The van der Waals surface area contributed by atoms with Crippen LogP contribution in [0.5, 0.6) is 0 Å². The number of likely N-dealkylation sites (tertiary alicyclic amines) is 1. The Morgan fingerprint density at radius 1 is 0.741 bits per heavy atom. The summed E-state index contributed by atoms with van der Waals surface area (Å²) in [5.41, 5.74) is 2.97. The van der Waals surface area contributed by atoms with E-state index in [1.165, 1.54) is 18.5 Å². The first kappa shape index (κ1) is 17.8. The largest absolute Gasteiger partial charge is 0.368 e. The average molecular weight is 364 g/mol. The molecule has 0 unspecified atom stereocenters. The van der Waals surface area contributed by atoms with Crippen molar-refractivity contribution in [3.8, 4) is 0 Å². The zero-order valence-corrected chi connectivity index (χ0v) is 15.9. The first-order chi connectivity index (χ1) is 13.3. The van der Waals surface area contributed by atoms with Gasteiger partial charge in [-0.2, -0.15) is 0 Å². The van der Waals surface area contributed by atoms with Crippen LogP contribution < -0.4 is 9.80 Å². The van der Waals surface area contributed by atoms with E-state index in [9.17, 15) is 4.79 Å². The lowest BCUT2D eigenvalue weighted by atomic mass is 10.2. The third-order valence-corrected chi connectivity index (χ3v) is 5.62. The minimum Gasteiger partial charge on any atom is -0.368 e. The fraction of sp³-hybridized carbons (Fsp3) is 0.455. The molecule has 2 aromatic rings. The molecular weight excluding hydrogens is 336 g/mol. The van der Waals surface area contributed by atoms with Crippen molar-refractivity contribution in [2.24, 2.45) is 0 Å². The number of amides is 1. The molecule has 0 spiro atoms. The lowest BCUT2D eigenvalue weighted by Gasteiger charge is -2.37. The Hall–Kier alpha value is -2.56. The fourth-order valence-electron chi connectivity index (χ4n) is 4.03. The summed E-state index contributed by atoms with van der Waals surface area (Å²) in [6, 6.07) is 14.6. The summed E-state index contributed by atoms with van der Waals surface area (Å²) >= 11 is 0. The number of rotatable bonds is 3. The Kier molecular flexibility index (Phi) is 5.56. The van der Waals surface area contributed by atoms with Crippen molar-refractivity contribution < 1.29 is 4.79 Å². The van der Waals surface area contributed by atoms with Gasteiger partial charge in [0.1, 0.15) is 5.69 Å². The standard InChI is InChI=1S/C22H28N4O/c27-22(26-12-6-1-2-7-13-26)21-18-20(10-11-23-21)25-16-14-24(15-17-25)19-8-4-3-5-9-19/h3-5,8-11,18H,1-2,6-7,12-17H2. The number of para-hydroxylation sites is 1. The van der Waals surface area contributed by atoms with Gasteiger partial charge < -0.3 is 14.7 Å². The van der Waals surface area contributed by atoms with Crippen LogP contribution >= 0.6 is 0 Å². The third-order valence-electron chi connectivity index (χ3n) is 5.62. The lowest BCUT2D eigenvalue weighted by Crippen LogP contribution is -2.46. The summed E-state index contributed by atoms with van der Waals surface area (Å²) in [5.74, 6) is 0.0849. The van der Waals surface area contributed by atoms with E-state index in [0.29, 0.717) is 5.69 Å². The molecule has 3 heterocycles. The van der Waals surface area contributed by atoms with E-state index in [2.05, 4.69) is 45.1 Å². The number of carbonyl (C=O) groups excluding carboxylic acids is 1. The van der Waals surface area contributed by atoms with Crippen molar-refractivity contribution in [2.45, 2.75) is 25.7 Å². The van der Waals surface area contributed by atoms with E-state index < -0.39 is 0 Å². The average Bonchev–Trinajstić information content (AvgIpc) is 3.04. The predicted molar refractivity (Wildman–Crippen MR) is 109 cm³/mol. The van der Waals surface area contributed by atoms with E-state index >= 15 is 0 Å². The molecule has 2 fully saturated rings. The summed E-state index contributed by atoms with van der Waals surface area (Å²) in [6.07, 6.45) is 6.44. The van der Waals surface area contributed by atoms with Crippen molar-refractivity contribution in [1.29, 1.82) is 0 Å². The molecule has 2 aliphatic heterocycles. The molecule has 0 N–H and O–H groups in total. The van der Waals surface area contributed by atoms with Gasteiger partial charge in [-0.15, -0.1) is 0 Å². The van der Waals surface area contributed by atoms with Crippen LogP contribution in [0.1, 0.15) is 36.2 Å². The van der Waals surface area contributed by atoms with Gasteiger partial charge in [0.25, 0.3) is 5.91 Å². The van der Waals surface area contributed by atoms with Crippen LogP contribution in [-0.4, -0.2) is 55.1 Å². The highest BCUT2D eigenvalue weighted by Crippen LogP contribution is 2.21. The fourth-order valence-corrected chi connectivity index (χ4v) is 4.03. The van der Waals surface area contributed by atoms with Gasteiger partial charge in [0, 0.05) is 56.8 Å². The van der Waals surface area contributed by atoms with Crippen molar-refractivity contribution in [2.75, 3.05) is 49.1 Å². The summed E-state index contributed by atoms with van der Waals surface area (Å²) in [4.78, 5) is 24.0. The normalized spacial score (nSPS) is 18.3. The highest BCUT2D eigenvalue weighted by atomic mass is 16.2. The molecule has 0 atom stereocenters. The maximum atomic E-state index is 12.9. The Morgan fingerprint density at radius 2 is 1.37 bits per heavy atom. The van der Waals surface area contributed by atoms with Gasteiger partial charge in [0.05, 0.1) is 0 Å². The van der Waals surface area contributed by atoms with Crippen molar-refractivity contribution in [3.63, 3.8) is 0 Å². The van der Waals surface area contributed by atoms with Gasteiger partial charge in [-0.1, -0.05) is 31.0 Å². The van der Waals surface area contributed by atoms with Crippen molar-refractivity contribution in [3.05, 3.63) is 54.4 Å². The number of piperazine rings is 1. The van der Waals surface area contributed by atoms with Gasteiger partial charge in [-0.05, 0) is 37.1 Å². The van der Waals surface area contributed by atoms with Gasteiger partial charge >= 0.3 is 0 Å². The Bertz CT molecular complexity index is 748. The van der Waals surface area contributed by atoms with Crippen LogP contribution in [0.15, 0.2) is 48.7 Å². The van der Waals surface area contributed by atoms with Gasteiger partial charge in [-0.25, -0.2) is 0 Å². The summed E-state index contributed by atoms with van der Waals surface area (Å²) in [5, 5.41) is 0. The third kappa shape index (κ3) is 4.24. The van der Waals surface area contributed by atoms with Crippen LogP contribution in [0, 0.1) is 0 Å². The minimum absolute atomic E-state index is 0.0849. The molecule has 142 valence electrons. The Labute approximate surface area is 161 Å². The van der Waals surface area contributed by atoms with E-state index in [1.54, 1.807) is 6.20 Å². The quantitative estimate of drug-likeness (QED) is 0.837. The van der Waals surface area contributed by atoms with Gasteiger partial charge in [0.2, 0.25) is 0 Å². The first-order valence-electron chi connectivity index (χ1n) is 10.1. The topological polar surface area (TPSA) is 39.7 Å². The number of pyridine rings is 1. The summed E-state index contributed by atoms with van der Waals surface area (Å²) in [6.45, 7) is 5.61. The smallest absolute Gasteiger partial charge is 0.272 e. The Morgan fingerprint density at radius 3 is 2.04 bits per heavy atom. The van der Waals surface area contributed by atoms with E-state index in [0.717, 1.165) is 57.8 Å². The second-order valence-electron chi connectivity index (χ2n) is 7.42. The predicted octanol–water partition coefficient (Wildman–Crippen LogP) is 3.42. The molecule has 1 amide bonds. The first-order valence-corrected chi connectivity index (χ1v) is 10.1. The van der Waals surface area contributed by atoms with Crippen molar-refractivity contribution >= 4 is 17.3 Å². The molecule has 0 radical (unpaired) electrons. The van der Waals surface area contributed by atoms with E-state index in [4.69, 9.17) is 0 Å². The summed E-state index contributed by atoms with van der Waals surface area (Å²) < 4.78 is 0. The maximum absolute atomic E-state index is 12.9. The number of carbonyl (C=O) groups is 1. The molecule has 5 nitrogen and oxygen atoms in total. The SMILES string of the molecule is O=C(c1cc(N2CCN(c3ccccc3)CC2)ccn1)N1CCCCCC1. The van der Waals surface area contributed by atoms with Crippen LogP contribution in [0.3, 0.4) is 0 Å². The van der Waals surface area contributed by atoms with E-state index in [1.807, 2.05) is 17.0 Å². The van der Waals surface area contributed by atoms with Crippen LogP contribution in [0.25, 0.3) is 0 Å². The molecule has 0 saturated carbocycles. The van der Waals surface area contributed by atoms with Crippen LogP contribution in [0.4, 0.5) is 11.4 Å². The molecule has 27 heavy (non-hydrogen) atoms. The zero-order chi connectivity index (χ0) is 18.5. The number of nitrogens with zero attached hydrogens (tertiary/aromatic N) is 4. The molecule has 0 aliphatic carbocycles. The number of hydrogen-bond acceptors (Lipinski definition) is 4. The van der Waals surface area contributed by atoms with Crippen LogP contribution in [0.2, 0.25) is 0 Å². The van der Waals surface area contributed by atoms with Crippen molar-refractivity contribution in [1.82, 2.24) is 9.88 Å². The molecule has 0 bridgehead atoms. The second kappa shape index (κ2) is 8.42. The molecule has 1 aromatic heterocycles. The number of benzene rings is 1. The second-order valence-corrected chi connectivity index (χ2v) is 7.42. The Balaban J connectivity index is 1.41. The molecule has 2 aliphatic rings. The van der Waals surface area contributed by atoms with Crippen LogP contribution in [-0.2, 0) is 0 Å². The molecular formula is C22H28N4O. The zero-order valence-electron chi connectivity index (χ0n) is 15.9. The highest BCUT2D eigenvalue weighted by Gasteiger charge is 2.21. The van der Waals surface area contributed by atoms with E-state index in [-0.39, 0.29) is 5.91 Å². The molecule has 5 heteroatoms. The minimum atomic E-state index is 0.0849. The van der Waals surface area contributed by atoms with Gasteiger partial charge in [-0.3, -0.25) is 9.78 Å². The number of aromatic nitrogens is 1. The molecule has 1 aromatic carbocycles. The number of hydrogen-bond donors (Lipinski definition) is 0. The highest BCUT2D eigenvalue weighted by molar-refractivity contribution is 5.93. The summed E-state index contributed by atoms with van der Waals surface area (Å²) in [7, 11) is 0.